The Morgan fingerprint density at radius 1 is 0.655 bits per heavy atom. The zero-order chi connectivity index (χ0) is 20.1. The van der Waals surface area contributed by atoms with Gasteiger partial charge in [-0.05, 0) is 35.7 Å². The van der Waals surface area contributed by atoms with E-state index < -0.39 is 5.97 Å². The average Bonchev–Trinajstić information content (AvgIpc) is 2.78. The van der Waals surface area contributed by atoms with Gasteiger partial charge in [0.15, 0.2) is 12.4 Å². The lowest BCUT2D eigenvalue weighted by molar-refractivity contribution is -0.136. The first-order chi connectivity index (χ1) is 14.2. The lowest BCUT2D eigenvalue weighted by Gasteiger charge is -2.09. The largest absolute Gasteiger partial charge is 0.482 e. The van der Waals surface area contributed by atoms with E-state index in [4.69, 9.17) is 9.47 Å². The Labute approximate surface area is 168 Å². The van der Waals surface area contributed by atoms with E-state index in [9.17, 15) is 9.59 Å². The monoisotopic (exact) mass is 382 g/mol. The summed E-state index contributed by atoms with van der Waals surface area (Å²) < 4.78 is 11.0. The van der Waals surface area contributed by atoms with Gasteiger partial charge < -0.3 is 9.47 Å². The van der Waals surface area contributed by atoms with E-state index >= 15 is 0 Å². The van der Waals surface area contributed by atoms with Crippen molar-refractivity contribution in [3.05, 3.63) is 108 Å². The molecule has 142 valence electrons. The number of hydrogen-bond acceptors (Lipinski definition) is 4. The highest BCUT2D eigenvalue weighted by Crippen LogP contribution is 2.25. The third-order valence-corrected chi connectivity index (χ3v) is 4.48. The van der Waals surface area contributed by atoms with Crippen molar-refractivity contribution in [3.8, 4) is 11.5 Å². The Kier molecular flexibility index (Phi) is 5.34. The molecular formula is C25H18O4. The zero-order valence-corrected chi connectivity index (χ0v) is 15.6. The van der Waals surface area contributed by atoms with Crippen molar-refractivity contribution in [2.45, 2.75) is 0 Å². The molecule has 4 nitrogen and oxygen atoms in total. The maximum absolute atomic E-state index is 12.4. The van der Waals surface area contributed by atoms with Crippen LogP contribution in [-0.2, 0) is 4.79 Å². The fraction of sp³-hybridized carbons (Fsp3) is 0.0400. The minimum Gasteiger partial charge on any atom is -0.482 e. The van der Waals surface area contributed by atoms with Crippen LogP contribution in [-0.4, -0.2) is 18.4 Å². The molecule has 4 aromatic rings. The van der Waals surface area contributed by atoms with Gasteiger partial charge in [-0.3, -0.25) is 4.79 Å². The number of hydrogen-bond donors (Lipinski definition) is 0. The van der Waals surface area contributed by atoms with Crippen LogP contribution in [0.3, 0.4) is 0 Å². The second-order valence-corrected chi connectivity index (χ2v) is 6.46. The van der Waals surface area contributed by atoms with Crippen molar-refractivity contribution in [2.24, 2.45) is 0 Å². The molecule has 4 rings (SSSR count). The first-order valence-corrected chi connectivity index (χ1v) is 9.22. The summed E-state index contributed by atoms with van der Waals surface area (Å²) in [6.45, 7) is -0.227. The third-order valence-electron chi connectivity index (χ3n) is 4.48. The quantitative estimate of drug-likeness (QED) is 0.266. The standard InChI is InChI=1S/C25H18O4/c26-24(29-23-12-6-10-18-7-4-5-11-22(18)23)17-28-21-15-13-20(14-16-21)25(27)19-8-2-1-3-9-19/h1-16H,17H2. The van der Waals surface area contributed by atoms with Crippen LogP contribution in [0.1, 0.15) is 15.9 Å². The van der Waals surface area contributed by atoms with Gasteiger partial charge in [0.2, 0.25) is 0 Å². The maximum atomic E-state index is 12.4. The highest BCUT2D eigenvalue weighted by atomic mass is 16.6. The molecule has 4 heteroatoms. The van der Waals surface area contributed by atoms with Gasteiger partial charge in [0.25, 0.3) is 0 Å². The summed E-state index contributed by atoms with van der Waals surface area (Å²) in [6, 6.07) is 29.0. The Morgan fingerprint density at radius 2 is 1.31 bits per heavy atom. The molecule has 0 heterocycles. The highest BCUT2D eigenvalue weighted by molar-refractivity contribution is 6.09. The van der Waals surface area contributed by atoms with E-state index in [-0.39, 0.29) is 12.4 Å². The topological polar surface area (TPSA) is 52.6 Å². The van der Waals surface area contributed by atoms with Crippen LogP contribution < -0.4 is 9.47 Å². The second-order valence-electron chi connectivity index (χ2n) is 6.46. The van der Waals surface area contributed by atoms with Crippen molar-refractivity contribution in [1.29, 1.82) is 0 Å². The molecule has 0 spiro atoms. The van der Waals surface area contributed by atoms with E-state index in [0.717, 1.165) is 10.8 Å². The number of ketones is 1. The van der Waals surface area contributed by atoms with Crippen molar-refractivity contribution >= 4 is 22.5 Å². The zero-order valence-electron chi connectivity index (χ0n) is 15.6. The van der Waals surface area contributed by atoms with Gasteiger partial charge in [-0.2, -0.15) is 0 Å². The van der Waals surface area contributed by atoms with Crippen LogP contribution in [0.5, 0.6) is 11.5 Å². The lowest BCUT2D eigenvalue weighted by atomic mass is 10.0. The first kappa shape index (κ1) is 18.4. The molecule has 0 saturated heterocycles. The van der Waals surface area contributed by atoms with Gasteiger partial charge in [-0.15, -0.1) is 0 Å². The summed E-state index contributed by atoms with van der Waals surface area (Å²) in [7, 11) is 0. The average molecular weight is 382 g/mol. The van der Waals surface area contributed by atoms with Crippen LogP contribution >= 0.6 is 0 Å². The number of fused-ring (bicyclic) bond motifs is 1. The lowest BCUT2D eigenvalue weighted by Crippen LogP contribution is -2.17. The van der Waals surface area contributed by atoms with Crippen molar-refractivity contribution < 1.29 is 19.1 Å². The Bertz CT molecular complexity index is 1140. The fourth-order valence-electron chi connectivity index (χ4n) is 3.04. The van der Waals surface area contributed by atoms with Crippen molar-refractivity contribution in [3.63, 3.8) is 0 Å². The normalized spacial score (nSPS) is 10.5. The molecule has 4 aromatic carbocycles. The van der Waals surface area contributed by atoms with Gasteiger partial charge in [-0.25, -0.2) is 4.79 Å². The van der Waals surface area contributed by atoms with Gasteiger partial charge in [0.05, 0.1) is 0 Å². The van der Waals surface area contributed by atoms with Crippen LogP contribution in [0.4, 0.5) is 0 Å². The van der Waals surface area contributed by atoms with Gasteiger partial charge >= 0.3 is 5.97 Å². The van der Waals surface area contributed by atoms with Gasteiger partial charge in [0, 0.05) is 16.5 Å². The van der Waals surface area contributed by atoms with Crippen LogP contribution in [0.2, 0.25) is 0 Å². The molecule has 0 saturated carbocycles. The van der Waals surface area contributed by atoms with E-state index in [1.165, 1.54) is 0 Å². The molecule has 0 aliphatic rings. The van der Waals surface area contributed by atoms with Gasteiger partial charge in [-0.1, -0.05) is 66.7 Å². The van der Waals surface area contributed by atoms with Crippen LogP contribution in [0, 0.1) is 0 Å². The number of carbonyl (C=O) groups excluding carboxylic acids is 2. The summed E-state index contributed by atoms with van der Waals surface area (Å²) in [5.74, 6) is 0.434. The highest BCUT2D eigenvalue weighted by Gasteiger charge is 2.11. The van der Waals surface area contributed by atoms with Gasteiger partial charge in [0.1, 0.15) is 11.5 Å². The number of carbonyl (C=O) groups is 2. The molecule has 0 aliphatic heterocycles. The van der Waals surface area contributed by atoms with E-state index in [1.807, 2.05) is 54.6 Å². The van der Waals surface area contributed by atoms with E-state index in [2.05, 4.69) is 0 Å². The third kappa shape index (κ3) is 4.33. The smallest absolute Gasteiger partial charge is 0.349 e. The predicted molar refractivity (Wildman–Crippen MR) is 111 cm³/mol. The molecule has 0 unspecified atom stereocenters. The molecule has 0 amide bonds. The molecule has 0 N–H and O–H groups in total. The number of ether oxygens (including phenoxy) is 2. The summed E-state index contributed by atoms with van der Waals surface area (Å²) in [6.07, 6.45) is 0. The first-order valence-electron chi connectivity index (χ1n) is 9.22. The minimum atomic E-state index is -0.495. The van der Waals surface area contributed by atoms with E-state index in [1.54, 1.807) is 42.5 Å². The molecular weight excluding hydrogens is 364 g/mol. The van der Waals surface area contributed by atoms with Crippen molar-refractivity contribution in [1.82, 2.24) is 0 Å². The molecule has 0 bridgehead atoms. The summed E-state index contributed by atoms with van der Waals surface area (Å²) in [5, 5.41) is 1.87. The Hall–Kier alpha value is -3.92. The summed E-state index contributed by atoms with van der Waals surface area (Å²) in [4.78, 5) is 24.6. The fourth-order valence-corrected chi connectivity index (χ4v) is 3.04. The second kappa shape index (κ2) is 8.40. The molecule has 0 radical (unpaired) electrons. The molecule has 0 aliphatic carbocycles. The van der Waals surface area contributed by atoms with Crippen molar-refractivity contribution in [2.75, 3.05) is 6.61 Å². The Morgan fingerprint density at radius 3 is 2.10 bits per heavy atom. The Balaban J connectivity index is 1.37. The predicted octanol–water partition coefficient (Wildman–Crippen LogP) is 5.06. The SMILES string of the molecule is O=C(COc1ccc(C(=O)c2ccccc2)cc1)Oc1cccc2ccccc12. The van der Waals surface area contributed by atoms with E-state index in [0.29, 0.717) is 22.6 Å². The molecule has 0 atom stereocenters. The molecule has 29 heavy (non-hydrogen) atoms. The minimum absolute atomic E-state index is 0.0625. The van der Waals surface area contributed by atoms with Crippen LogP contribution in [0.15, 0.2) is 97.1 Å². The number of esters is 1. The summed E-state index contributed by atoms with van der Waals surface area (Å²) in [5.41, 5.74) is 1.18. The maximum Gasteiger partial charge on any atom is 0.349 e. The summed E-state index contributed by atoms with van der Waals surface area (Å²) >= 11 is 0. The molecule has 0 fully saturated rings. The van der Waals surface area contributed by atoms with Crippen LogP contribution in [0.25, 0.3) is 10.8 Å². The number of benzene rings is 4. The molecule has 0 aromatic heterocycles. The number of rotatable bonds is 6.